The number of hydrogen-bond donors (Lipinski definition) is 2. The molecule has 2 aromatic rings. The molecule has 0 aliphatic heterocycles. The average Bonchev–Trinajstić information content (AvgIpc) is 3.06. The fourth-order valence-corrected chi connectivity index (χ4v) is 3.35. The largest absolute Gasteiger partial charge is 0.384 e. The van der Waals surface area contributed by atoms with Crippen molar-refractivity contribution in [2.24, 2.45) is 0 Å². The van der Waals surface area contributed by atoms with Gasteiger partial charge in [0.25, 0.3) is 5.91 Å². The molecule has 3 rings (SSSR count). The molecule has 5 nitrogen and oxygen atoms in total. The molecule has 0 saturated heterocycles. The zero-order valence-corrected chi connectivity index (χ0v) is 12.8. The first-order chi connectivity index (χ1) is 10.3. The number of anilines is 2. The highest BCUT2D eigenvalue weighted by molar-refractivity contribution is 7.15. The Morgan fingerprint density at radius 1 is 1.38 bits per heavy atom. The molecule has 110 valence electrons. The number of fused-ring (bicyclic) bond motifs is 1. The number of nitrogens with one attached hydrogen (secondary N) is 2. The van der Waals surface area contributed by atoms with Crippen molar-refractivity contribution in [3.63, 3.8) is 0 Å². The van der Waals surface area contributed by atoms with Crippen LogP contribution in [0.25, 0.3) is 0 Å². The lowest BCUT2D eigenvalue weighted by Gasteiger charge is -2.05. The van der Waals surface area contributed by atoms with Gasteiger partial charge >= 0.3 is 0 Å². The van der Waals surface area contributed by atoms with Crippen molar-refractivity contribution in [1.29, 1.82) is 0 Å². The predicted octanol–water partition coefficient (Wildman–Crippen LogP) is 3.10. The van der Waals surface area contributed by atoms with Crippen LogP contribution in [-0.4, -0.2) is 22.4 Å². The van der Waals surface area contributed by atoms with Gasteiger partial charge in [0.1, 0.15) is 5.69 Å². The zero-order chi connectivity index (χ0) is 14.7. The summed E-state index contributed by atoms with van der Waals surface area (Å²) in [6.07, 6.45) is 6.02. The summed E-state index contributed by atoms with van der Waals surface area (Å²) in [5.41, 5.74) is 2.48. The van der Waals surface area contributed by atoms with Gasteiger partial charge in [0.05, 0.1) is 17.6 Å². The average molecular weight is 302 g/mol. The van der Waals surface area contributed by atoms with Gasteiger partial charge < -0.3 is 5.32 Å². The summed E-state index contributed by atoms with van der Waals surface area (Å²) >= 11 is 1.58. The van der Waals surface area contributed by atoms with Crippen LogP contribution in [0, 0.1) is 0 Å². The molecule has 0 atom stereocenters. The lowest BCUT2D eigenvalue weighted by molar-refractivity contribution is 0.102. The maximum Gasteiger partial charge on any atom is 0.276 e. The molecule has 0 bridgehead atoms. The molecule has 6 heteroatoms. The third kappa shape index (κ3) is 3.21. The summed E-state index contributed by atoms with van der Waals surface area (Å²) in [7, 11) is 0. The second kappa shape index (κ2) is 6.22. The topological polar surface area (TPSA) is 66.9 Å². The van der Waals surface area contributed by atoms with Crippen LogP contribution in [0.4, 0.5) is 10.8 Å². The number of pyridine rings is 1. The highest BCUT2D eigenvalue weighted by atomic mass is 32.1. The Morgan fingerprint density at radius 2 is 2.29 bits per heavy atom. The number of carbonyl (C=O) groups is 1. The summed E-state index contributed by atoms with van der Waals surface area (Å²) in [6.45, 7) is 3.01. The lowest BCUT2D eigenvalue weighted by Crippen LogP contribution is -2.13. The molecule has 1 amide bonds. The lowest BCUT2D eigenvalue weighted by atomic mass is 10.3. The van der Waals surface area contributed by atoms with Gasteiger partial charge in [0, 0.05) is 11.4 Å². The Kier molecular flexibility index (Phi) is 4.15. The number of carbonyl (C=O) groups excluding carboxylic acids is 1. The normalized spacial score (nSPS) is 13.0. The third-order valence-electron chi connectivity index (χ3n) is 3.39. The van der Waals surface area contributed by atoms with E-state index >= 15 is 0 Å². The van der Waals surface area contributed by atoms with Crippen molar-refractivity contribution in [3.8, 4) is 0 Å². The van der Waals surface area contributed by atoms with Crippen molar-refractivity contribution in [2.75, 3.05) is 17.2 Å². The first-order valence-electron chi connectivity index (χ1n) is 7.26. The summed E-state index contributed by atoms with van der Waals surface area (Å²) < 4.78 is 0. The Hall–Kier alpha value is -1.95. The summed E-state index contributed by atoms with van der Waals surface area (Å²) in [6, 6.07) is 3.61. The Labute approximate surface area is 127 Å². The van der Waals surface area contributed by atoms with E-state index in [2.05, 4.69) is 27.5 Å². The van der Waals surface area contributed by atoms with E-state index in [1.165, 1.54) is 11.3 Å². The predicted molar refractivity (Wildman–Crippen MR) is 85.1 cm³/mol. The Bertz CT molecular complexity index is 614. The molecule has 2 aromatic heterocycles. The number of thiazole rings is 1. The van der Waals surface area contributed by atoms with Gasteiger partial charge in [-0.25, -0.2) is 9.97 Å². The van der Waals surface area contributed by atoms with Gasteiger partial charge in [-0.2, -0.15) is 0 Å². The van der Waals surface area contributed by atoms with Crippen LogP contribution in [0.1, 0.15) is 40.8 Å². The Balaban J connectivity index is 1.64. The van der Waals surface area contributed by atoms with Crippen LogP contribution in [0.2, 0.25) is 0 Å². The minimum atomic E-state index is -0.204. The Morgan fingerprint density at radius 3 is 3.00 bits per heavy atom. The summed E-state index contributed by atoms with van der Waals surface area (Å²) in [4.78, 5) is 22.1. The number of hydrogen-bond acceptors (Lipinski definition) is 5. The molecule has 0 saturated carbocycles. The molecule has 0 unspecified atom stereocenters. The van der Waals surface area contributed by atoms with Gasteiger partial charge in [-0.3, -0.25) is 10.1 Å². The number of aryl methyl sites for hydroxylation is 2. The van der Waals surface area contributed by atoms with Crippen molar-refractivity contribution in [3.05, 3.63) is 34.6 Å². The molecule has 0 aromatic carbocycles. The molecule has 1 aliphatic rings. The number of aromatic nitrogens is 2. The standard InChI is InChI=1S/C15H18N4OS/c1-2-8-16-10-6-7-12(17-9-10)14(20)19-15-18-11-4-3-5-13(11)21-15/h6-7,9,16H,2-5,8H2,1H3,(H,18,19,20). The van der Waals surface area contributed by atoms with Crippen LogP contribution < -0.4 is 10.6 Å². The maximum atomic E-state index is 12.1. The molecule has 1 aliphatic carbocycles. The van der Waals surface area contributed by atoms with Crippen LogP contribution in [0.15, 0.2) is 18.3 Å². The van der Waals surface area contributed by atoms with E-state index in [0.29, 0.717) is 10.8 Å². The van der Waals surface area contributed by atoms with Crippen molar-refractivity contribution in [2.45, 2.75) is 32.6 Å². The summed E-state index contributed by atoms with van der Waals surface area (Å²) in [5.74, 6) is -0.204. The first-order valence-corrected chi connectivity index (χ1v) is 8.08. The fourth-order valence-electron chi connectivity index (χ4n) is 2.31. The van der Waals surface area contributed by atoms with E-state index in [-0.39, 0.29) is 5.91 Å². The number of nitrogens with zero attached hydrogens (tertiary/aromatic N) is 2. The SMILES string of the molecule is CCCNc1ccc(C(=O)Nc2nc3c(s2)CCC3)nc1. The molecule has 2 N–H and O–H groups in total. The second-order valence-corrected chi connectivity index (χ2v) is 6.14. The van der Waals surface area contributed by atoms with E-state index in [4.69, 9.17) is 0 Å². The molecular weight excluding hydrogens is 284 g/mol. The molecule has 21 heavy (non-hydrogen) atoms. The molecule has 2 heterocycles. The van der Waals surface area contributed by atoms with Crippen LogP contribution in [0.3, 0.4) is 0 Å². The van der Waals surface area contributed by atoms with Crippen LogP contribution in [0.5, 0.6) is 0 Å². The minimum Gasteiger partial charge on any atom is -0.384 e. The van der Waals surface area contributed by atoms with Crippen LogP contribution in [-0.2, 0) is 12.8 Å². The molecule has 0 fully saturated rings. The highest BCUT2D eigenvalue weighted by Gasteiger charge is 2.18. The van der Waals surface area contributed by atoms with Gasteiger partial charge in [-0.15, -0.1) is 11.3 Å². The quantitative estimate of drug-likeness (QED) is 0.890. The van der Waals surface area contributed by atoms with Crippen LogP contribution >= 0.6 is 11.3 Å². The summed E-state index contributed by atoms with van der Waals surface area (Å²) in [5, 5.41) is 6.75. The second-order valence-electron chi connectivity index (χ2n) is 5.06. The highest BCUT2D eigenvalue weighted by Crippen LogP contribution is 2.30. The number of rotatable bonds is 5. The van der Waals surface area contributed by atoms with E-state index in [1.807, 2.05) is 6.07 Å². The molecular formula is C15H18N4OS. The van der Waals surface area contributed by atoms with E-state index in [1.54, 1.807) is 23.6 Å². The molecule has 0 radical (unpaired) electrons. The first kappa shape index (κ1) is 14.0. The van der Waals surface area contributed by atoms with Gasteiger partial charge in [0.15, 0.2) is 5.13 Å². The number of amides is 1. The third-order valence-corrected chi connectivity index (χ3v) is 4.46. The van der Waals surface area contributed by atoms with Gasteiger partial charge in [-0.1, -0.05) is 6.92 Å². The minimum absolute atomic E-state index is 0.204. The van der Waals surface area contributed by atoms with Crippen molar-refractivity contribution >= 4 is 28.1 Å². The zero-order valence-electron chi connectivity index (χ0n) is 12.0. The maximum absolute atomic E-state index is 12.1. The van der Waals surface area contributed by atoms with E-state index in [0.717, 1.165) is 37.2 Å². The van der Waals surface area contributed by atoms with Crippen molar-refractivity contribution < 1.29 is 4.79 Å². The smallest absolute Gasteiger partial charge is 0.276 e. The van der Waals surface area contributed by atoms with E-state index in [9.17, 15) is 4.79 Å². The van der Waals surface area contributed by atoms with Gasteiger partial charge in [-0.05, 0) is 37.8 Å². The van der Waals surface area contributed by atoms with Crippen molar-refractivity contribution in [1.82, 2.24) is 9.97 Å². The van der Waals surface area contributed by atoms with Gasteiger partial charge in [0.2, 0.25) is 0 Å². The fraction of sp³-hybridized carbons (Fsp3) is 0.400. The van der Waals surface area contributed by atoms with E-state index < -0.39 is 0 Å². The monoisotopic (exact) mass is 302 g/mol. The molecule has 0 spiro atoms.